The first-order valence-electron chi connectivity index (χ1n) is 8.36. The lowest BCUT2D eigenvalue weighted by atomic mass is 9.98. The predicted molar refractivity (Wildman–Crippen MR) is 94.2 cm³/mol. The van der Waals surface area contributed by atoms with Gasteiger partial charge < -0.3 is 14.9 Å². The Labute approximate surface area is 151 Å². The first-order chi connectivity index (χ1) is 12.5. The highest BCUT2D eigenvalue weighted by atomic mass is 16.5. The van der Waals surface area contributed by atoms with Crippen LogP contribution in [0, 0.1) is 0 Å². The number of carbonyl (C=O) groups is 2. The molecular weight excluding hydrogens is 338 g/mol. The molecule has 1 aliphatic heterocycles. The minimum Gasteiger partial charge on any atom is -0.480 e. The van der Waals surface area contributed by atoms with Crippen LogP contribution < -0.4 is 5.32 Å². The molecule has 0 aliphatic carbocycles. The second-order valence-electron chi connectivity index (χ2n) is 5.85. The zero-order valence-electron chi connectivity index (χ0n) is 14.5. The molecular formula is C18H23N3O5. The number of pyridine rings is 1. The van der Waals surface area contributed by atoms with Gasteiger partial charge in [0.25, 0.3) is 0 Å². The molecule has 0 radical (unpaired) electrons. The summed E-state index contributed by atoms with van der Waals surface area (Å²) in [4.78, 5) is 29.1. The van der Waals surface area contributed by atoms with Crippen LogP contribution in [0.5, 0.6) is 0 Å². The van der Waals surface area contributed by atoms with Crippen molar-refractivity contribution in [3.63, 3.8) is 0 Å². The van der Waals surface area contributed by atoms with Crippen molar-refractivity contribution < 1.29 is 24.5 Å². The minimum atomic E-state index is -1.10. The number of ether oxygens (including phenoxy) is 1. The van der Waals surface area contributed by atoms with Crippen molar-refractivity contribution in [2.24, 2.45) is 0 Å². The van der Waals surface area contributed by atoms with Crippen LogP contribution in [0.25, 0.3) is 0 Å². The molecule has 2 rings (SSSR count). The summed E-state index contributed by atoms with van der Waals surface area (Å²) in [6.45, 7) is 2.06. The molecule has 2 heterocycles. The smallest absolute Gasteiger partial charge is 0.322 e. The van der Waals surface area contributed by atoms with E-state index in [9.17, 15) is 19.8 Å². The van der Waals surface area contributed by atoms with Crippen molar-refractivity contribution in [1.29, 1.82) is 0 Å². The molecule has 1 aromatic heterocycles. The highest BCUT2D eigenvalue weighted by molar-refractivity contribution is 5.75. The van der Waals surface area contributed by atoms with Gasteiger partial charge in [-0.05, 0) is 36.7 Å². The maximum atomic E-state index is 12.0. The molecule has 3 N–H and O–H groups in total. The van der Waals surface area contributed by atoms with Gasteiger partial charge in [0, 0.05) is 12.4 Å². The van der Waals surface area contributed by atoms with E-state index in [0.717, 1.165) is 0 Å². The molecule has 0 saturated heterocycles. The number of allylic oxidation sites excluding steroid dienone is 2. The SMILES string of the molecule is CCCN(CC(=O)O)C(c1cccnc1)C(NC1C=CC=CO1)C(=O)O. The molecule has 8 nitrogen and oxygen atoms in total. The number of nitrogens with one attached hydrogen (secondary N) is 1. The van der Waals surface area contributed by atoms with E-state index >= 15 is 0 Å². The van der Waals surface area contributed by atoms with Gasteiger partial charge in [-0.25, -0.2) is 0 Å². The highest BCUT2D eigenvalue weighted by Crippen LogP contribution is 2.25. The normalized spacial score (nSPS) is 18.3. The van der Waals surface area contributed by atoms with E-state index in [1.54, 1.807) is 47.7 Å². The van der Waals surface area contributed by atoms with Crippen LogP contribution in [0.1, 0.15) is 24.9 Å². The van der Waals surface area contributed by atoms with Crippen LogP contribution in [0.2, 0.25) is 0 Å². The predicted octanol–water partition coefficient (Wildman–Crippen LogP) is 1.39. The Kier molecular flexibility index (Phi) is 7.31. The van der Waals surface area contributed by atoms with Crippen LogP contribution in [0.3, 0.4) is 0 Å². The zero-order valence-corrected chi connectivity index (χ0v) is 14.5. The van der Waals surface area contributed by atoms with Crippen LogP contribution in [0.15, 0.2) is 49.0 Å². The van der Waals surface area contributed by atoms with Crippen LogP contribution in [0.4, 0.5) is 0 Å². The third-order valence-corrected chi connectivity index (χ3v) is 3.89. The third-order valence-electron chi connectivity index (χ3n) is 3.89. The van der Waals surface area contributed by atoms with Crippen molar-refractivity contribution in [1.82, 2.24) is 15.2 Å². The number of hydrogen-bond acceptors (Lipinski definition) is 6. The number of aromatic nitrogens is 1. The number of rotatable bonds is 10. The average molecular weight is 361 g/mol. The van der Waals surface area contributed by atoms with Gasteiger partial charge in [-0.1, -0.05) is 19.1 Å². The molecule has 1 aliphatic rings. The lowest BCUT2D eigenvalue weighted by molar-refractivity contribution is -0.145. The van der Waals surface area contributed by atoms with Gasteiger partial charge in [0.2, 0.25) is 0 Å². The average Bonchev–Trinajstić information content (AvgIpc) is 2.62. The Bertz CT molecular complexity index is 662. The Morgan fingerprint density at radius 1 is 1.38 bits per heavy atom. The van der Waals surface area contributed by atoms with E-state index in [0.29, 0.717) is 18.5 Å². The summed E-state index contributed by atoms with van der Waals surface area (Å²) in [5, 5.41) is 22.1. The van der Waals surface area contributed by atoms with Gasteiger partial charge in [0.15, 0.2) is 6.23 Å². The zero-order chi connectivity index (χ0) is 18.9. The van der Waals surface area contributed by atoms with E-state index in [2.05, 4.69) is 10.3 Å². The minimum absolute atomic E-state index is 0.278. The van der Waals surface area contributed by atoms with Gasteiger partial charge in [-0.3, -0.25) is 24.8 Å². The van der Waals surface area contributed by atoms with Gasteiger partial charge in [0.05, 0.1) is 18.8 Å². The van der Waals surface area contributed by atoms with E-state index < -0.39 is 30.3 Å². The van der Waals surface area contributed by atoms with Crippen LogP contribution in [-0.4, -0.2) is 57.4 Å². The van der Waals surface area contributed by atoms with Crippen molar-refractivity contribution >= 4 is 11.9 Å². The van der Waals surface area contributed by atoms with Gasteiger partial charge >= 0.3 is 11.9 Å². The summed E-state index contributed by atoms with van der Waals surface area (Å²) in [5.74, 6) is -2.12. The fourth-order valence-electron chi connectivity index (χ4n) is 2.90. The Morgan fingerprint density at radius 2 is 2.19 bits per heavy atom. The van der Waals surface area contributed by atoms with Gasteiger partial charge in [-0.2, -0.15) is 0 Å². The number of hydrogen-bond donors (Lipinski definition) is 3. The molecule has 3 unspecified atom stereocenters. The maximum absolute atomic E-state index is 12.0. The summed E-state index contributed by atoms with van der Waals surface area (Å²) < 4.78 is 5.37. The lowest BCUT2D eigenvalue weighted by Crippen LogP contribution is -2.53. The molecule has 8 heteroatoms. The largest absolute Gasteiger partial charge is 0.480 e. The van der Waals surface area contributed by atoms with Gasteiger partial charge in [0.1, 0.15) is 6.04 Å². The quantitative estimate of drug-likeness (QED) is 0.573. The van der Waals surface area contributed by atoms with Crippen LogP contribution >= 0.6 is 0 Å². The number of aliphatic carboxylic acids is 2. The molecule has 1 aromatic rings. The van der Waals surface area contributed by atoms with E-state index in [-0.39, 0.29) is 6.54 Å². The second-order valence-corrected chi connectivity index (χ2v) is 5.85. The van der Waals surface area contributed by atoms with E-state index in [1.165, 1.54) is 6.26 Å². The summed E-state index contributed by atoms with van der Waals surface area (Å²) in [5.41, 5.74) is 0.623. The Hall–Kier alpha value is -2.71. The first kappa shape index (κ1) is 19.6. The molecule has 3 atom stereocenters. The molecule has 0 bridgehead atoms. The number of nitrogens with zero attached hydrogens (tertiary/aromatic N) is 2. The van der Waals surface area contributed by atoms with Gasteiger partial charge in [-0.15, -0.1) is 0 Å². The van der Waals surface area contributed by atoms with E-state index in [1.807, 2.05) is 6.92 Å². The lowest BCUT2D eigenvalue weighted by Gasteiger charge is -2.36. The van der Waals surface area contributed by atoms with E-state index in [4.69, 9.17) is 4.74 Å². The van der Waals surface area contributed by atoms with Crippen molar-refractivity contribution in [2.75, 3.05) is 13.1 Å². The molecule has 0 aromatic carbocycles. The van der Waals surface area contributed by atoms with Crippen LogP contribution in [-0.2, 0) is 14.3 Å². The molecule has 26 heavy (non-hydrogen) atoms. The fraction of sp³-hybridized carbons (Fsp3) is 0.389. The summed E-state index contributed by atoms with van der Waals surface area (Å²) in [6, 6.07) is 1.63. The number of carboxylic acids is 2. The standard InChI is InChI=1S/C18H23N3O5/c1-2-9-21(12-15(22)23)17(13-6-5-8-19-11-13)16(18(24)25)20-14-7-3-4-10-26-14/h3-8,10-11,14,16-17,20H,2,9,12H2,1H3,(H,22,23)(H,24,25). The summed E-state index contributed by atoms with van der Waals surface area (Å²) >= 11 is 0. The monoisotopic (exact) mass is 361 g/mol. The topological polar surface area (TPSA) is 112 Å². The maximum Gasteiger partial charge on any atom is 0.322 e. The summed E-state index contributed by atoms with van der Waals surface area (Å²) in [6.07, 6.45) is 9.81. The first-order valence-corrected chi connectivity index (χ1v) is 8.36. The molecule has 140 valence electrons. The second kappa shape index (κ2) is 9.69. The highest BCUT2D eigenvalue weighted by Gasteiger charge is 2.36. The molecule has 0 amide bonds. The molecule has 0 fully saturated rings. The fourth-order valence-corrected chi connectivity index (χ4v) is 2.90. The third kappa shape index (κ3) is 5.40. The summed E-state index contributed by atoms with van der Waals surface area (Å²) in [7, 11) is 0. The molecule has 0 saturated carbocycles. The van der Waals surface area contributed by atoms with Crippen molar-refractivity contribution in [2.45, 2.75) is 31.7 Å². The molecule has 0 spiro atoms. The Morgan fingerprint density at radius 3 is 2.73 bits per heavy atom. The van der Waals surface area contributed by atoms with Crippen molar-refractivity contribution in [3.8, 4) is 0 Å². The number of carboxylic acid groups (broad SMARTS) is 2. The Balaban J connectivity index is 2.37. The van der Waals surface area contributed by atoms with Crippen molar-refractivity contribution in [3.05, 3.63) is 54.6 Å².